The maximum Gasteiger partial charge on any atom is 0.0623 e. The molecule has 2 aromatic rings. The Labute approximate surface area is 113 Å². The zero-order chi connectivity index (χ0) is 11.4. The van der Waals surface area contributed by atoms with Crippen molar-refractivity contribution in [3.63, 3.8) is 0 Å². The van der Waals surface area contributed by atoms with Crippen LogP contribution < -0.4 is 5.32 Å². The Morgan fingerprint density at radius 1 is 1.62 bits per heavy atom. The van der Waals surface area contributed by atoms with E-state index in [1.807, 2.05) is 10.9 Å². The molecule has 0 saturated heterocycles. The standard InChI is InChI=1S/C11H14IN3S/c1-9(11-3-2-6-16-11)13-4-5-15-8-10(12)7-14-15/h2-3,6-9,13H,4-5H2,1H3. The molecule has 0 saturated carbocycles. The Bertz CT molecular complexity index is 424. The van der Waals surface area contributed by atoms with Gasteiger partial charge in [0, 0.05) is 23.7 Å². The summed E-state index contributed by atoms with van der Waals surface area (Å²) in [5, 5.41) is 9.85. The lowest BCUT2D eigenvalue weighted by molar-refractivity contribution is 0.511. The minimum atomic E-state index is 0.426. The fourth-order valence-electron chi connectivity index (χ4n) is 1.49. The molecule has 0 fully saturated rings. The molecule has 0 amide bonds. The predicted molar refractivity (Wildman–Crippen MR) is 75.7 cm³/mol. The van der Waals surface area contributed by atoms with Gasteiger partial charge in [-0.3, -0.25) is 4.68 Å². The summed E-state index contributed by atoms with van der Waals surface area (Å²) in [4.78, 5) is 1.38. The SMILES string of the molecule is CC(NCCn1cc(I)cn1)c1cccs1. The zero-order valence-electron chi connectivity index (χ0n) is 9.06. The Balaban J connectivity index is 1.76. The fraction of sp³-hybridized carbons (Fsp3) is 0.364. The van der Waals surface area contributed by atoms with Crippen LogP contribution in [0.3, 0.4) is 0 Å². The predicted octanol–water partition coefficient (Wildman–Crippen LogP) is 2.90. The molecule has 0 aliphatic carbocycles. The number of thiophene rings is 1. The van der Waals surface area contributed by atoms with E-state index >= 15 is 0 Å². The Hall–Kier alpha value is -0.400. The van der Waals surface area contributed by atoms with Gasteiger partial charge in [0.15, 0.2) is 0 Å². The molecule has 3 nitrogen and oxygen atoms in total. The maximum absolute atomic E-state index is 4.25. The van der Waals surface area contributed by atoms with Gasteiger partial charge in [-0.25, -0.2) is 0 Å². The summed E-state index contributed by atoms with van der Waals surface area (Å²) in [5.74, 6) is 0. The number of rotatable bonds is 5. The molecule has 86 valence electrons. The van der Waals surface area contributed by atoms with Crippen molar-refractivity contribution in [3.8, 4) is 0 Å². The summed E-state index contributed by atoms with van der Waals surface area (Å²) < 4.78 is 3.15. The van der Waals surface area contributed by atoms with Crippen LogP contribution in [0.5, 0.6) is 0 Å². The first kappa shape index (κ1) is 12.1. The Morgan fingerprint density at radius 3 is 3.12 bits per heavy atom. The molecule has 0 radical (unpaired) electrons. The van der Waals surface area contributed by atoms with Crippen molar-refractivity contribution in [3.05, 3.63) is 38.4 Å². The van der Waals surface area contributed by atoms with Crippen LogP contribution in [0.1, 0.15) is 17.8 Å². The van der Waals surface area contributed by atoms with Crippen molar-refractivity contribution in [1.29, 1.82) is 0 Å². The molecule has 16 heavy (non-hydrogen) atoms. The van der Waals surface area contributed by atoms with Gasteiger partial charge in [0.25, 0.3) is 0 Å². The lowest BCUT2D eigenvalue weighted by Crippen LogP contribution is -2.22. The summed E-state index contributed by atoms with van der Waals surface area (Å²) >= 11 is 4.07. The summed E-state index contributed by atoms with van der Waals surface area (Å²) in [6.07, 6.45) is 3.93. The number of hydrogen-bond donors (Lipinski definition) is 1. The second kappa shape index (κ2) is 5.79. The first-order valence-electron chi connectivity index (χ1n) is 5.20. The molecule has 1 unspecified atom stereocenters. The second-order valence-corrected chi connectivity index (χ2v) is 5.84. The highest BCUT2D eigenvalue weighted by Crippen LogP contribution is 2.17. The molecule has 0 bridgehead atoms. The molecule has 2 aromatic heterocycles. The molecule has 1 N–H and O–H groups in total. The van der Waals surface area contributed by atoms with Gasteiger partial charge in [-0.1, -0.05) is 6.07 Å². The second-order valence-electron chi connectivity index (χ2n) is 3.61. The molecular weight excluding hydrogens is 333 g/mol. The van der Waals surface area contributed by atoms with E-state index in [0.717, 1.165) is 13.1 Å². The molecule has 0 aliphatic heterocycles. The third-order valence-corrected chi connectivity index (χ3v) is 3.98. The first-order chi connectivity index (χ1) is 7.75. The van der Waals surface area contributed by atoms with E-state index in [1.165, 1.54) is 8.45 Å². The Morgan fingerprint density at radius 2 is 2.50 bits per heavy atom. The molecular formula is C11H14IN3S. The van der Waals surface area contributed by atoms with E-state index in [1.54, 1.807) is 11.3 Å². The number of nitrogens with zero attached hydrogens (tertiary/aromatic N) is 2. The molecule has 5 heteroatoms. The molecule has 2 rings (SSSR count). The van der Waals surface area contributed by atoms with Gasteiger partial charge in [-0.2, -0.15) is 5.10 Å². The lowest BCUT2D eigenvalue weighted by atomic mass is 10.3. The van der Waals surface area contributed by atoms with Gasteiger partial charge in [0.1, 0.15) is 0 Å². The van der Waals surface area contributed by atoms with Crippen molar-refractivity contribution < 1.29 is 0 Å². The summed E-state index contributed by atoms with van der Waals surface area (Å²) in [7, 11) is 0. The van der Waals surface area contributed by atoms with E-state index in [0.29, 0.717) is 6.04 Å². The third-order valence-electron chi connectivity index (χ3n) is 2.36. The number of halogens is 1. The van der Waals surface area contributed by atoms with Crippen LogP contribution in [0.4, 0.5) is 0 Å². The summed E-state index contributed by atoms with van der Waals surface area (Å²) in [6.45, 7) is 4.05. The Kier molecular flexibility index (Phi) is 4.37. The number of hydrogen-bond acceptors (Lipinski definition) is 3. The normalized spacial score (nSPS) is 12.9. The number of nitrogens with one attached hydrogen (secondary N) is 1. The quantitative estimate of drug-likeness (QED) is 0.843. The van der Waals surface area contributed by atoms with Crippen LogP contribution in [0.25, 0.3) is 0 Å². The van der Waals surface area contributed by atoms with Crippen LogP contribution in [0, 0.1) is 3.57 Å². The van der Waals surface area contributed by atoms with Gasteiger partial charge in [0.05, 0.1) is 16.3 Å². The highest BCUT2D eigenvalue weighted by Gasteiger charge is 2.04. The van der Waals surface area contributed by atoms with Crippen molar-refractivity contribution in [2.75, 3.05) is 6.54 Å². The van der Waals surface area contributed by atoms with Crippen LogP contribution >= 0.6 is 33.9 Å². The molecule has 1 atom stereocenters. The smallest absolute Gasteiger partial charge is 0.0623 e. The average Bonchev–Trinajstić information content (AvgIpc) is 2.89. The molecule has 0 aromatic carbocycles. The highest BCUT2D eigenvalue weighted by molar-refractivity contribution is 14.1. The molecule has 0 spiro atoms. The summed E-state index contributed by atoms with van der Waals surface area (Å²) in [5.41, 5.74) is 0. The van der Waals surface area contributed by atoms with Crippen LogP contribution in [-0.2, 0) is 6.54 Å². The average molecular weight is 347 g/mol. The van der Waals surface area contributed by atoms with E-state index in [-0.39, 0.29) is 0 Å². The van der Waals surface area contributed by atoms with E-state index in [2.05, 4.69) is 63.6 Å². The number of aromatic nitrogens is 2. The summed E-state index contributed by atoms with van der Waals surface area (Å²) in [6, 6.07) is 4.68. The topological polar surface area (TPSA) is 29.9 Å². The van der Waals surface area contributed by atoms with Gasteiger partial charge < -0.3 is 5.32 Å². The molecule has 2 heterocycles. The van der Waals surface area contributed by atoms with Gasteiger partial charge >= 0.3 is 0 Å². The monoisotopic (exact) mass is 347 g/mol. The van der Waals surface area contributed by atoms with E-state index < -0.39 is 0 Å². The zero-order valence-corrected chi connectivity index (χ0v) is 12.0. The van der Waals surface area contributed by atoms with Crippen LogP contribution in [0.15, 0.2) is 29.9 Å². The van der Waals surface area contributed by atoms with Gasteiger partial charge in [0.2, 0.25) is 0 Å². The van der Waals surface area contributed by atoms with Crippen molar-refractivity contribution in [2.24, 2.45) is 0 Å². The van der Waals surface area contributed by atoms with E-state index in [4.69, 9.17) is 0 Å². The first-order valence-corrected chi connectivity index (χ1v) is 7.16. The van der Waals surface area contributed by atoms with E-state index in [9.17, 15) is 0 Å². The highest BCUT2D eigenvalue weighted by atomic mass is 127. The lowest BCUT2D eigenvalue weighted by Gasteiger charge is -2.11. The minimum absolute atomic E-state index is 0.426. The minimum Gasteiger partial charge on any atom is -0.308 e. The van der Waals surface area contributed by atoms with Crippen molar-refractivity contribution in [2.45, 2.75) is 19.5 Å². The maximum atomic E-state index is 4.25. The van der Waals surface area contributed by atoms with Gasteiger partial charge in [-0.05, 0) is 41.0 Å². The third kappa shape index (κ3) is 3.29. The largest absolute Gasteiger partial charge is 0.308 e. The van der Waals surface area contributed by atoms with Crippen LogP contribution in [-0.4, -0.2) is 16.3 Å². The fourth-order valence-corrected chi connectivity index (χ4v) is 2.70. The molecule has 0 aliphatic rings. The van der Waals surface area contributed by atoms with Gasteiger partial charge in [-0.15, -0.1) is 11.3 Å². The van der Waals surface area contributed by atoms with Crippen molar-refractivity contribution in [1.82, 2.24) is 15.1 Å². The van der Waals surface area contributed by atoms with Crippen LogP contribution in [0.2, 0.25) is 0 Å². The van der Waals surface area contributed by atoms with Crippen molar-refractivity contribution >= 4 is 33.9 Å².